The van der Waals surface area contributed by atoms with Crippen LogP contribution in [-0.4, -0.2) is 10.1 Å². The molecule has 0 unspecified atom stereocenters. The molecule has 0 aliphatic heterocycles. The predicted molar refractivity (Wildman–Crippen MR) is 66.3 cm³/mol. The van der Waals surface area contributed by atoms with E-state index in [-0.39, 0.29) is 10.8 Å². The summed E-state index contributed by atoms with van der Waals surface area (Å²) in [5.41, 5.74) is 6.53. The highest BCUT2D eigenvalue weighted by Crippen LogP contribution is 2.52. The van der Waals surface area contributed by atoms with Gasteiger partial charge in [0.2, 0.25) is 5.89 Å². The molecule has 1 aliphatic carbocycles. The van der Waals surface area contributed by atoms with Gasteiger partial charge >= 0.3 is 0 Å². The van der Waals surface area contributed by atoms with E-state index in [0.717, 1.165) is 12.8 Å². The van der Waals surface area contributed by atoms with E-state index in [1.165, 1.54) is 6.42 Å². The summed E-state index contributed by atoms with van der Waals surface area (Å²) in [4.78, 5) is 4.33. The van der Waals surface area contributed by atoms with Crippen LogP contribution in [-0.2, 0) is 5.54 Å². The normalized spacial score (nSPS) is 25.8. The zero-order valence-corrected chi connectivity index (χ0v) is 11.5. The Labute approximate surface area is 103 Å². The molecule has 0 radical (unpaired) electrons. The summed E-state index contributed by atoms with van der Waals surface area (Å²) in [5, 5.41) is 4.03. The molecule has 0 spiro atoms. The topological polar surface area (TPSA) is 64.9 Å². The van der Waals surface area contributed by atoms with Gasteiger partial charge < -0.3 is 10.3 Å². The van der Waals surface area contributed by atoms with E-state index < -0.39 is 5.54 Å². The van der Waals surface area contributed by atoms with E-state index >= 15 is 0 Å². The van der Waals surface area contributed by atoms with Crippen molar-refractivity contribution in [3.05, 3.63) is 11.7 Å². The van der Waals surface area contributed by atoms with Gasteiger partial charge in [0, 0.05) is 6.92 Å². The zero-order chi connectivity index (χ0) is 12.9. The van der Waals surface area contributed by atoms with Crippen molar-refractivity contribution in [2.24, 2.45) is 16.6 Å². The second-order valence-electron chi connectivity index (χ2n) is 7.15. The van der Waals surface area contributed by atoms with Crippen LogP contribution in [0, 0.1) is 17.8 Å². The standard InChI is InChI=1S/C13H23N3O/c1-9-15-10(16-17-9)13(14)7-11(2,3)6-12(4,5)8-13/h6-8,14H2,1-5H3. The molecule has 1 aliphatic rings. The monoisotopic (exact) mass is 237 g/mol. The number of hydrogen-bond donors (Lipinski definition) is 1. The van der Waals surface area contributed by atoms with Gasteiger partial charge in [-0.1, -0.05) is 32.9 Å². The van der Waals surface area contributed by atoms with Crippen molar-refractivity contribution in [1.82, 2.24) is 10.1 Å². The van der Waals surface area contributed by atoms with Gasteiger partial charge in [0.1, 0.15) is 0 Å². The van der Waals surface area contributed by atoms with E-state index in [9.17, 15) is 0 Å². The van der Waals surface area contributed by atoms with Crippen LogP contribution < -0.4 is 5.73 Å². The summed E-state index contributed by atoms with van der Waals surface area (Å²) in [5.74, 6) is 1.25. The summed E-state index contributed by atoms with van der Waals surface area (Å²) < 4.78 is 5.08. The Kier molecular flexibility index (Phi) is 2.62. The third-order valence-electron chi connectivity index (χ3n) is 3.52. The van der Waals surface area contributed by atoms with Crippen LogP contribution in [0.1, 0.15) is 58.7 Å². The molecule has 1 fully saturated rings. The van der Waals surface area contributed by atoms with Crippen molar-refractivity contribution < 1.29 is 4.52 Å². The summed E-state index contributed by atoms with van der Waals surface area (Å²) in [7, 11) is 0. The minimum Gasteiger partial charge on any atom is -0.340 e. The summed E-state index contributed by atoms with van der Waals surface area (Å²) in [6.07, 6.45) is 2.99. The summed E-state index contributed by atoms with van der Waals surface area (Å²) >= 11 is 0. The van der Waals surface area contributed by atoms with Gasteiger partial charge in [0.15, 0.2) is 5.82 Å². The van der Waals surface area contributed by atoms with Gasteiger partial charge in [-0.3, -0.25) is 0 Å². The fraction of sp³-hybridized carbons (Fsp3) is 0.846. The third-order valence-corrected chi connectivity index (χ3v) is 3.52. The number of hydrogen-bond acceptors (Lipinski definition) is 4. The van der Waals surface area contributed by atoms with Crippen LogP contribution in [0.25, 0.3) is 0 Å². The van der Waals surface area contributed by atoms with Crippen molar-refractivity contribution >= 4 is 0 Å². The Balaban J connectivity index is 2.36. The Hall–Kier alpha value is -0.900. The molecule has 0 bridgehead atoms. The number of rotatable bonds is 1. The number of nitrogens with two attached hydrogens (primary N) is 1. The first-order valence-corrected chi connectivity index (χ1v) is 6.22. The van der Waals surface area contributed by atoms with E-state index in [2.05, 4.69) is 37.8 Å². The highest BCUT2D eigenvalue weighted by molar-refractivity contribution is 5.10. The van der Waals surface area contributed by atoms with Gasteiger partial charge in [0.05, 0.1) is 5.54 Å². The second-order valence-corrected chi connectivity index (χ2v) is 7.15. The lowest BCUT2D eigenvalue weighted by Crippen LogP contribution is -2.50. The second kappa shape index (κ2) is 3.55. The number of aryl methyl sites for hydroxylation is 1. The lowest BCUT2D eigenvalue weighted by molar-refractivity contribution is 0.0417. The van der Waals surface area contributed by atoms with Gasteiger partial charge in [-0.15, -0.1) is 0 Å². The minimum absolute atomic E-state index is 0.213. The molecule has 2 rings (SSSR count). The molecule has 4 heteroatoms. The molecule has 0 saturated heterocycles. The summed E-state index contributed by atoms with van der Waals surface area (Å²) in [6, 6.07) is 0. The van der Waals surface area contributed by atoms with Crippen molar-refractivity contribution in [2.75, 3.05) is 0 Å². The average molecular weight is 237 g/mol. The molecule has 1 saturated carbocycles. The smallest absolute Gasteiger partial charge is 0.223 e. The molecule has 17 heavy (non-hydrogen) atoms. The largest absolute Gasteiger partial charge is 0.340 e. The van der Waals surface area contributed by atoms with E-state index in [1.807, 2.05) is 0 Å². The first kappa shape index (κ1) is 12.6. The zero-order valence-electron chi connectivity index (χ0n) is 11.5. The van der Waals surface area contributed by atoms with Crippen molar-refractivity contribution in [2.45, 2.75) is 59.4 Å². The quantitative estimate of drug-likeness (QED) is 0.815. The van der Waals surface area contributed by atoms with Gasteiger partial charge in [-0.05, 0) is 30.1 Å². The fourth-order valence-electron chi connectivity index (χ4n) is 3.85. The van der Waals surface area contributed by atoms with Crippen LogP contribution in [0.4, 0.5) is 0 Å². The lowest BCUT2D eigenvalue weighted by atomic mass is 9.58. The van der Waals surface area contributed by atoms with Crippen molar-refractivity contribution in [1.29, 1.82) is 0 Å². The van der Waals surface area contributed by atoms with E-state index in [4.69, 9.17) is 10.3 Å². The molecule has 1 heterocycles. The van der Waals surface area contributed by atoms with Gasteiger partial charge in [-0.25, -0.2) is 0 Å². The molecular formula is C13H23N3O. The highest BCUT2D eigenvalue weighted by atomic mass is 16.5. The predicted octanol–water partition coefficient (Wildman–Crippen LogP) is 2.77. The molecule has 0 atom stereocenters. The summed E-state index contributed by atoms with van der Waals surface area (Å²) in [6.45, 7) is 10.9. The van der Waals surface area contributed by atoms with Crippen LogP contribution in [0.15, 0.2) is 4.52 Å². The molecular weight excluding hydrogens is 214 g/mol. The lowest BCUT2D eigenvalue weighted by Gasteiger charge is -2.49. The fourth-order valence-corrected chi connectivity index (χ4v) is 3.85. The maximum absolute atomic E-state index is 6.56. The average Bonchev–Trinajstić information content (AvgIpc) is 2.44. The first-order chi connectivity index (χ1) is 7.62. The molecule has 1 aromatic rings. The van der Waals surface area contributed by atoms with Crippen LogP contribution in [0.2, 0.25) is 0 Å². The van der Waals surface area contributed by atoms with Gasteiger partial charge in [0.25, 0.3) is 0 Å². The van der Waals surface area contributed by atoms with Gasteiger partial charge in [-0.2, -0.15) is 4.98 Å². The highest BCUT2D eigenvalue weighted by Gasteiger charge is 2.48. The minimum atomic E-state index is -0.455. The molecule has 0 amide bonds. The molecule has 4 nitrogen and oxygen atoms in total. The number of aromatic nitrogens is 2. The Morgan fingerprint density at radius 1 is 1.06 bits per heavy atom. The van der Waals surface area contributed by atoms with Crippen LogP contribution in [0.5, 0.6) is 0 Å². The Bertz CT molecular complexity index is 404. The van der Waals surface area contributed by atoms with E-state index in [0.29, 0.717) is 11.7 Å². The van der Waals surface area contributed by atoms with Crippen LogP contribution in [0.3, 0.4) is 0 Å². The van der Waals surface area contributed by atoms with Crippen LogP contribution >= 0.6 is 0 Å². The SMILES string of the molecule is Cc1nc(C2(N)CC(C)(C)CC(C)(C)C2)no1. The molecule has 96 valence electrons. The Morgan fingerprint density at radius 3 is 2.00 bits per heavy atom. The molecule has 1 aromatic heterocycles. The maximum Gasteiger partial charge on any atom is 0.223 e. The van der Waals surface area contributed by atoms with E-state index in [1.54, 1.807) is 6.92 Å². The maximum atomic E-state index is 6.56. The molecule has 2 N–H and O–H groups in total. The first-order valence-electron chi connectivity index (χ1n) is 6.22. The third kappa shape index (κ3) is 2.51. The Morgan fingerprint density at radius 2 is 1.59 bits per heavy atom. The van der Waals surface area contributed by atoms with Crippen molar-refractivity contribution in [3.8, 4) is 0 Å². The molecule has 0 aromatic carbocycles. The number of nitrogens with zero attached hydrogens (tertiary/aromatic N) is 2. The van der Waals surface area contributed by atoms with Crippen molar-refractivity contribution in [3.63, 3.8) is 0 Å².